The molecule has 0 bridgehead atoms. The fraction of sp³-hybridized carbons (Fsp3) is 0.308. The molecule has 2 heterocycles. The molecule has 1 aliphatic heterocycles. The first-order valence-electron chi connectivity index (χ1n) is 5.89. The molecular weight excluding hydrogens is 282 g/mol. The summed E-state index contributed by atoms with van der Waals surface area (Å²) < 4.78 is 5.38. The Labute approximate surface area is 118 Å². The van der Waals surface area contributed by atoms with Gasteiger partial charge in [-0.05, 0) is 12.5 Å². The highest BCUT2D eigenvalue weighted by Crippen LogP contribution is 2.46. The van der Waals surface area contributed by atoms with E-state index < -0.39 is 5.44 Å². The van der Waals surface area contributed by atoms with Crippen molar-refractivity contribution in [3.8, 4) is 5.75 Å². The number of hydrogen-bond donors (Lipinski definition) is 2. The summed E-state index contributed by atoms with van der Waals surface area (Å²) in [6.07, 6.45) is 0.589. The molecule has 1 aromatic carbocycles. The minimum atomic E-state index is -0.507. The number of thioether (sulfide) groups is 1. The van der Waals surface area contributed by atoms with Crippen LogP contribution in [0.5, 0.6) is 5.75 Å². The second kappa shape index (κ2) is 5.03. The lowest BCUT2D eigenvalue weighted by Gasteiger charge is -2.26. The zero-order chi connectivity index (χ0) is 13.4. The maximum absolute atomic E-state index is 11.5. The van der Waals surface area contributed by atoms with Crippen LogP contribution in [0.3, 0.4) is 0 Å². The van der Waals surface area contributed by atoms with Crippen LogP contribution >= 0.6 is 23.1 Å². The van der Waals surface area contributed by atoms with Gasteiger partial charge in [0.1, 0.15) is 11.2 Å². The van der Waals surface area contributed by atoms with Gasteiger partial charge < -0.3 is 14.8 Å². The van der Waals surface area contributed by atoms with Crippen molar-refractivity contribution in [1.82, 2.24) is 4.98 Å². The number of aromatic amines is 1. The predicted molar refractivity (Wildman–Crippen MR) is 76.3 cm³/mol. The minimum absolute atomic E-state index is 0.00588. The van der Waals surface area contributed by atoms with E-state index in [1.165, 1.54) is 23.1 Å². The van der Waals surface area contributed by atoms with Crippen molar-refractivity contribution in [1.29, 1.82) is 0 Å². The summed E-state index contributed by atoms with van der Waals surface area (Å²) in [5, 5.41) is 10.7. The standard InChI is InChI=1S/C13H13NO3S2/c1-17-9-5-3-2-4-7(9)8-6-10(15)18-12-11(8)19-13(16)14-12/h2-5,8,10,15H,6H2,1H3,(H,14,16)/t8-,10-/m0/s1. The van der Waals surface area contributed by atoms with Crippen molar-refractivity contribution in [2.45, 2.75) is 22.8 Å². The van der Waals surface area contributed by atoms with Crippen LogP contribution in [-0.4, -0.2) is 22.6 Å². The number of aliphatic hydroxyl groups is 1. The maximum atomic E-state index is 11.5. The number of fused-ring (bicyclic) bond motifs is 1. The van der Waals surface area contributed by atoms with Crippen LogP contribution in [0.25, 0.3) is 0 Å². The molecule has 2 aromatic rings. The fourth-order valence-electron chi connectivity index (χ4n) is 2.36. The number of para-hydroxylation sites is 1. The van der Waals surface area contributed by atoms with Gasteiger partial charge in [-0.3, -0.25) is 4.79 Å². The van der Waals surface area contributed by atoms with Crippen LogP contribution in [-0.2, 0) is 0 Å². The molecule has 1 aromatic heterocycles. The predicted octanol–water partition coefficient (Wildman–Crippen LogP) is 2.39. The third kappa shape index (κ3) is 2.31. The van der Waals surface area contributed by atoms with Gasteiger partial charge in [-0.15, -0.1) is 0 Å². The van der Waals surface area contributed by atoms with E-state index in [0.717, 1.165) is 21.2 Å². The highest BCUT2D eigenvalue weighted by molar-refractivity contribution is 7.99. The first-order chi connectivity index (χ1) is 9.19. The number of ether oxygens (including phenoxy) is 1. The van der Waals surface area contributed by atoms with Crippen LogP contribution < -0.4 is 9.61 Å². The smallest absolute Gasteiger partial charge is 0.305 e. The number of thiazole rings is 1. The van der Waals surface area contributed by atoms with Crippen molar-refractivity contribution in [3.05, 3.63) is 44.4 Å². The van der Waals surface area contributed by atoms with Gasteiger partial charge in [-0.1, -0.05) is 41.3 Å². The van der Waals surface area contributed by atoms with Gasteiger partial charge in [0, 0.05) is 16.4 Å². The Hall–Kier alpha value is -1.24. The van der Waals surface area contributed by atoms with E-state index in [4.69, 9.17) is 4.74 Å². The summed E-state index contributed by atoms with van der Waals surface area (Å²) in [5.41, 5.74) is 0.508. The Morgan fingerprint density at radius 3 is 3.00 bits per heavy atom. The molecule has 3 rings (SSSR count). The van der Waals surface area contributed by atoms with E-state index >= 15 is 0 Å². The Morgan fingerprint density at radius 1 is 1.42 bits per heavy atom. The lowest BCUT2D eigenvalue weighted by Crippen LogP contribution is -2.15. The van der Waals surface area contributed by atoms with Crippen LogP contribution in [0.1, 0.15) is 22.8 Å². The fourth-order valence-corrected chi connectivity index (χ4v) is 4.53. The number of H-pyrrole nitrogens is 1. The van der Waals surface area contributed by atoms with E-state index in [1.807, 2.05) is 24.3 Å². The first kappa shape index (κ1) is 12.8. The molecule has 0 spiro atoms. The Balaban J connectivity index is 2.12. The van der Waals surface area contributed by atoms with Gasteiger partial charge >= 0.3 is 4.87 Å². The zero-order valence-corrected chi connectivity index (χ0v) is 11.9. The summed E-state index contributed by atoms with van der Waals surface area (Å²) in [5.74, 6) is 0.796. The van der Waals surface area contributed by atoms with Gasteiger partial charge in [0.05, 0.1) is 12.1 Å². The summed E-state index contributed by atoms with van der Waals surface area (Å²) in [7, 11) is 1.63. The third-order valence-corrected chi connectivity index (χ3v) is 5.31. The molecule has 0 aliphatic carbocycles. The molecular formula is C13H13NO3S2. The summed E-state index contributed by atoms with van der Waals surface area (Å²) in [4.78, 5) is 15.2. The number of methoxy groups -OCH3 is 1. The average molecular weight is 295 g/mol. The number of aliphatic hydroxyl groups excluding tert-OH is 1. The van der Waals surface area contributed by atoms with E-state index in [0.29, 0.717) is 6.42 Å². The molecule has 1 aliphatic rings. The normalized spacial score (nSPS) is 22.0. The lowest BCUT2D eigenvalue weighted by molar-refractivity contribution is 0.242. The number of benzene rings is 1. The van der Waals surface area contributed by atoms with E-state index in [-0.39, 0.29) is 10.8 Å². The van der Waals surface area contributed by atoms with Gasteiger partial charge in [0.15, 0.2) is 0 Å². The van der Waals surface area contributed by atoms with Crippen molar-refractivity contribution in [3.63, 3.8) is 0 Å². The van der Waals surface area contributed by atoms with Crippen molar-refractivity contribution in [2.24, 2.45) is 0 Å². The highest BCUT2D eigenvalue weighted by Gasteiger charge is 2.31. The van der Waals surface area contributed by atoms with Gasteiger partial charge in [-0.2, -0.15) is 0 Å². The van der Waals surface area contributed by atoms with Gasteiger partial charge in [-0.25, -0.2) is 0 Å². The minimum Gasteiger partial charge on any atom is -0.496 e. The molecule has 0 fully saturated rings. The monoisotopic (exact) mass is 295 g/mol. The molecule has 100 valence electrons. The van der Waals surface area contributed by atoms with Crippen molar-refractivity contribution in [2.75, 3.05) is 7.11 Å². The summed E-state index contributed by atoms with van der Waals surface area (Å²) in [6.45, 7) is 0. The molecule has 2 atom stereocenters. The lowest BCUT2D eigenvalue weighted by atomic mass is 9.93. The third-order valence-electron chi connectivity index (χ3n) is 3.16. The van der Waals surface area contributed by atoms with E-state index in [2.05, 4.69) is 4.98 Å². The number of aromatic nitrogens is 1. The first-order valence-corrected chi connectivity index (χ1v) is 7.59. The van der Waals surface area contributed by atoms with Crippen LogP contribution in [0.2, 0.25) is 0 Å². The number of hydrogen-bond acceptors (Lipinski definition) is 5. The Bertz CT molecular complexity index is 649. The van der Waals surface area contributed by atoms with Gasteiger partial charge in [0.2, 0.25) is 0 Å². The second-order valence-corrected chi connectivity index (χ2v) is 6.51. The molecule has 6 heteroatoms. The summed E-state index contributed by atoms with van der Waals surface area (Å²) in [6, 6.07) is 7.75. The second-order valence-electron chi connectivity index (χ2n) is 4.31. The quantitative estimate of drug-likeness (QED) is 0.893. The van der Waals surface area contributed by atoms with E-state index in [9.17, 15) is 9.90 Å². The molecule has 0 saturated carbocycles. The molecule has 0 radical (unpaired) electrons. The summed E-state index contributed by atoms with van der Waals surface area (Å²) >= 11 is 2.53. The maximum Gasteiger partial charge on any atom is 0.305 e. The molecule has 0 amide bonds. The molecule has 0 saturated heterocycles. The average Bonchev–Trinajstić information content (AvgIpc) is 2.77. The van der Waals surface area contributed by atoms with Crippen LogP contribution in [0, 0.1) is 0 Å². The Morgan fingerprint density at radius 2 is 2.21 bits per heavy atom. The molecule has 19 heavy (non-hydrogen) atoms. The molecule has 2 N–H and O–H groups in total. The van der Waals surface area contributed by atoms with Crippen LogP contribution in [0.15, 0.2) is 34.1 Å². The highest BCUT2D eigenvalue weighted by atomic mass is 32.2. The molecule has 0 unspecified atom stereocenters. The number of nitrogens with one attached hydrogen (secondary N) is 1. The topological polar surface area (TPSA) is 62.3 Å². The Kier molecular flexibility index (Phi) is 3.38. The van der Waals surface area contributed by atoms with Crippen molar-refractivity contribution < 1.29 is 9.84 Å². The van der Waals surface area contributed by atoms with Crippen molar-refractivity contribution >= 4 is 23.1 Å². The van der Waals surface area contributed by atoms with Gasteiger partial charge in [0.25, 0.3) is 0 Å². The zero-order valence-electron chi connectivity index (χ0n) is 10.3. The van der Waals surface area contributed by atoms with Crippen LogP contribution in [0.4, 0.5) is 0 Å². The SMILES string of the molecule is COc1ccccc1[C@@H]1C[C@@H](O)Sc2[nH]c(=O)sc21. The molecule has 4 nitrogen and oxygen atoms in total. The number of rotatable bonds is 2. The largest absolute Gasteiger partial charge is 0.496 e. The van der Waals surface area contributed by atoms with E-state index in [1.54, 1.807) is 7.11 Å².